The number of hydrazine groups is 1. The molecule has 4 nitrogen and oxygen atoms in total. The highest BCUT2D eigenvalue weighted by Gasteiger charge is 2.22. The van der Waals surface area contributed by atoms with Gasteiger partial charge in [0, 0.05) is 5.56 Å². The molecular formula is C15H16F2N2O2. The summed E-state index contributed by atoms with van der Waals surface area (Å²) in [4.78, 5) is 0. The summed E-state index contributed by atoms with van der Waals surface area (Å²) in [6.45, 7) is 0. The topological polar surface area (TPSA) is 56.5 Å². The SMILES string of the molecule is COc1ccc(C(NN)c2c(F)cccc2F)cc1OC. The average molecular weight is 294 g/mol. The second kappa shape index (κ2) is 6.51. The van der Waals surface area contributed by atoms with Crippen LogP contribution in [0, 0.1) is 11.6 Å². The minimum Gasteiger partial charge on any atom is -0.493 e. The van der Waals surface area contributed by atoms with E-state index in [1.54, 1.807) is 18.2 Å². The molecule has 0 aliphatic heterocycles. The van der Waals surface area contributed by atoms with Crippen molar-refractivity contribution in [3.8, 4) is 11.5 Å². The van der Waals surface area contributed by atoms with Gasteiger partial charge in [-0.3, -0.25) is 5.84 Å². The maximum Gasteiger partial charge on any atom is 0.161 e. The molecule has 2 aromatic carbocycles. The number of nitrogens with one attached hydrogen (secondary N) is 1. The monoisotopic (exact) mass is 294 g/mol. The number of nitrogens with two attached hydrogens (primary N) is 1. The third-order valence-corrected chi connectivity index (χ3v) is 3.20. The van der Waals surface area contributed by atoms with Crippen molar-refractivity contribution in [2.75, 3.05) is 14.2 Å². The van der Waals surface area contributed by atoms with Gasteiger partial charge in [0.15, 0.2) is 11.5 Å². The maximum atomic E-state index is 13.9. The molecule has 2 aromatic rings. The second-order valence-electron chi connectivity index (χ2n) is 4.35. The Labute approximate surface area is 121 Å². The third-order valence-electron chi connectivity index (χ3n) is 3.20. The molecule has 0 saturated carbocycles. The Morgan fingerprint density at radius 2 is 1.62 bits per heavy atom. The Morgan fingerprint density at radius 1 is 1.00 bits per heavy atom. The van der Waals surface area contributed by atoms with Gasteiger partial charge in [0.25, 0.3) is 0 Å². The summed E-state index contributed by atoms with van der Waals surface area (Å²) in [5.41, 5.74) is 2.84. The molecule has 2 rings (SSSR count). The van der Waals surface area contributed by atoms with E-state index in [-0.39, 0.29) is 5.56 Å². The first-order valence-electron chi connectivity index (χ1n) is 6.24. The van der Waals surface area contributed by atoms with Gasteiger partial charge in [0.05, 0.1) is 20.3 Å². The first kappa shape index (κ1) is 15.2. The van der Waals surface area contributed by atoms with Crippen LogP contribution in [0.5, 0.6) is 11.5 Å². The molecule has 1 atom stereocenters. The summed E-state index contributed by atoms with van der Waals surface area (Å²) < 4.78 is 38.1. The number of hydrogen-bond acceptors (Lipinski definition) is 4. The van der Waals surface area contributed by atoms with Crippen molar-refractivity contribution in [3.05, 3.63) is 59.2 Å². The van der Waals surface area contributed by atoms with Gasteiger partial charge < -0.3 is 9.47 Å². The van der Waals surface area contributed by atoms with Crippen molar-refractivity contribution in [1.82, 2.24) is 5.43 Å². The van der Waals surface area contributed by atoms with Gasteiger partial charge in [-0.15, -0.1) is 0 Å². The van der Waals surface area contributed by atoms with Crippen LogP contribution in [0.3, 0.4) is 0 Å². The summed E-state index contributed by atoms with van der Waals surface area (Å²) in [7, 11) is 2.99. The molecule has 112 valence electrons. The summed E-state index contributed by atoms with van der Waals surface area (Å²) in [6, 6.07) is 7.76. The molecule has 1 unspecified atom stereocenters. The van der Waals surface area contributed by atoms with Crippen molar-refractivity contribution in [2.24, 2.45) is 5.84 Å². The van der Waals surface area contributed by atoms with Gasteiger partial charge in [-0.05, 0) is 29.8 Å². The van der Waals surface area contributed by atoms with E-state index in [2.05, 4.69) is 5.43 Å². The highest BCUT2D eigenvalue weighted by atomic mass is 19.1. The molecular weight excluding hydrogens is 278 g/mol. The van der Waals surface area contributed by atoms with E-state index in [1.807, 2.05) is 0 Å². The zero-order valence-corrected chi connectivity index (χ0v) is 11.7. The van der Waals surface area contributed by atoms with Gasteiger partial charge in [-0.25, -0.2) is 14.2 Å². The van der Waals surface area contributed by atoms with Gasteiger partial charge in [0.1, 0.15) is 11.6 Å². The van der Waals surface area contributed by atoms with E-state index in [4.69, 9.17) is 15.3 Å². The van der Waals surface area contributed by atoms with Crippen LogP contribution in [0.25, 0.3) is 0 Å². The minimum absolute atomic E-state index is 0.146. The number of rotatable bonds is 5. The van der Waals surface area contributed by atoms with E-state index in [0.717, 1.165) is 0 Å². The molecule has 0 heterocycles. The van der Waals surface area contributed by atoms with Gasteiger partial charge in [0.2, 0.25) is 0 Å². The predicted molar refractivity (Wildman–Crippen MR) is 75.1 cm³/mol. The molecule has 0 aliphatic rings. The van der Waals surface area contributed by atoms with Crippen molar-refractivity contribution >= 4 is 0 Å². The number of ether oxygens (including phenoxy) is 2. The molecule has 0 spiro atoms. The molecule has 0 bridgehead atoms. The quantitative estimate of drug-likeness (QED) is 0.657. The van der Waals surface area contributed by atoms with Crippen LogP contribution in [0.2, 0.25) is 0 Å². The maximum absolute atomic E-state index is 13.9. The van der Waals surface area contributed by atoms with Crippen molar-refractivity contribution in [1.29, 1.82) is 0 Å². The van der Waals surface area contributed by atoms with Gasteiger partial charge >= 0.3 is 0 Å². The fourth-order valence-electron chi connectivity index (χ4n) is 2.17. The normalized spacial score (nSPS) is 12.0. The molecule has 0 saturated heterocycles. The smallest absolute Gasteiger partial charge is 0.161 e. The molecule has 0 radical (unpaired) electrons. The summed E-state index contributed by atoms with van der Waals surface area (Å²) in [5.74, 6) is 5.10. The minimum atomic E-state index is -0.842. The fourth-order valence-corrected chi connectivity index (χ4v) is 2.17. The Morgan fingerprint density at radius 3 is 2.14 bits per heavy atom. The lowest BCUT2D eigenvalue weighted by atomic mass is 9.98. The molecule has 6 heteroatoms. The van der Waals surface area contributed by atoms with Crippen molar-refractivity contribution in [3.63, 3.8) is 0 Å². The van der Waals surface area contributed by atoms with Crippen LogP contribution in [0.15, 0.2) is 36.4 Å². The first-order chi connectivity index (χ1) is 10.1. The molecule has 0 amide bonds. The van der Waals surface area contributed by atoms with E-state index >= 15 is 0 Å². The van der Waals surface area contributed by atoms with E-state index in [9.17, 15) is 8.78 Å². The molecule has 21 heavy (non-hydrogen) atoms. The Hall–Kier alpha value is -2.18. The number of methoxy groups -OCH3 is 2. The van der Waals surface area contributed by atoms with Crippen LogP contribution in [0.4, 0.5) is 8.78 Å². The molecule has 3 N–H and O–H groups in total. The summed E-state index contributed by atoms with van der Waals surface area (Å²) >= 11 is 0. The lowest BCUT2D eigenvalue weighted by Gasteiger charge is -2.19. The first-order valence-corrected chi connectivity index (χ1v) is 6.24. The van der Waals surface area contributed by atoms with Crippen molar-refractivity contribution in [2.45, 2.75) is 6.04 Å². The largest absolute Gasteiger partial charge is 0.493 e. The van der Waals surface area contributed by atoms with E-state index < -0.39 is 17.7 Å². The standard InChI is InChI=1S/C15H16F2N2O2/c1-20-12-7-6-9(8-13(12)21-2)15(19-18)14-10(16)4-3-5-11(14)17/h3-8,15,19H,18H2,1-2H3. The van der Waals surface area contributed by atoms with Gasteiger partial charge in [-0.2, -0.15) is 0 Å². The van der Waals surface area contributed by atoms with Crippen molar-refractivity contribution < 1.29 is 18.3 Å². The Kier molecular flexibility index (Phi) is 4.72. The van der Waals surface area contributed by atoms with E-state index in [0.29, 0.717) is 17.1 Å². The third kappa shape index (κ3) is 2.96. The Balaban J connectivity index is 2.51. The fraction of sp³-hybridized carbons (Fsp3) is 0.200. The highest BCUT2D eigenvalue weighted by Crippen LogP contribution is 2.33. The zero-order chi connectivity index (χ0) is 15.4. The summed E-state index contributed by atoms with van der Waals surface area (Å²) in [6.07, 6.45) is 0. The number of benzene rings is 2. The van der Waals surface area contributed by atoms with Crippen LogP contribution >= 0.6 is 0 Å². The lowest BCUT2D eigenvalue weighted by molar-refractivity contribution is 0.354. The highest BCUT2D eigenvalue weighted by molar-refractivity contribution is 5.46. The molecule has 0 aromatic heterocycles. The predicted octanol–water partition coefficient (Wildman–Crippen LogP) is 2.53. The van der Waals surface area contributed by atoms with Gasteiger partial charge in [-0.1, -0.05) is 12.1 Å². The molecule has 0 fully saturated rings. The van der Waals surface area contributed by atoms with Crippen LogP contribution < -0.4 is 20.7 Å². The molecule has 0 aliphatic carbocycles. The average Bonchev–Trinajstić information content (AvgIpc) is 2.50. The number of hydrogen-bond donors (Lipinski definition) is 2. The summed E-state index contributed by atoms with van der Waals surface area (Å²) in [5, 5.41) is 0. The van der Waals surface area contributed by atoms with Crippen LogP contribution in [-0.2, 0) is 0 Å². The number of halogens is 2. The Bertz CT molecular complexity index is 615. The van der Waals surface area contributed by atoms with E-state index in [1.165, 1.54) is 32.4 Å². The zero-order valence-electron chi connectivity index (χ0n) is 11.7. The lowest BCUT2D eigenvalue weighted by Crippen LogP contribution is -2.30. The second-order valence-corrected chi connectivity index (χ2v) is 4.35. The van der Waals surface area contributed by atoms with Crippen LogP contribution in [-0.4, -0.2) is 14.2 Å². The van der Waals surface area contributed by atoms with Crippen LogP contribution in [0.1, 0.15) is 17.2 Å².